The van der Waals surface area contributed by atoms with Crippen LogP contribution in [0.1, 0.15) is 10.4 Å². The van der Waals surface area contributed by atoms with E-state index in [1.54, 1.807) is 0 Å². The first-order chi connectivity index (χ1) is 4.75. The standard InChI is InChI=1S/C7H6O3.C/c8-4-5-6(9)2-1-3-7(5)10;/h1-4,9-10H;. The van der Waals surface area contributed by atoms with Gasteiger partial charge in [0, 0.05) is 7.43 Å². The van der Waals surface area contributed by atoms with Crippen LogP contribution in [0.2, 0.25) is 0 Å². The molecule has 3 heteroatoms. The van der Waals surface area contributed by atoms with E-state index < -0.39 is 0 Å². The van der Waals surface area contributed by atoms with Gasteiger partial charge < -0.3 is 10.2 Å². The van der Waals surface area contributed by atoms with Gasteiger partial charge in [-0.2, -0.15) is 0 Å². The van der Waals surface area contributed by atoms with E-state index in [0.29, 0.717) is 6.29 Å². The third kappa shape index (κ3) is 1.70. The summed E-state index contributed by atoms with van der Waals surface area (Å²) in [5.74, 6) is -0.398. The maximum Gasteiger partial charge on any atom is 0.157 e. The molecule has 11 heavy (non-hydrogen) atoms. The van der Waals surface area contributed by atoms with E-state index in [1.165, 1.54) is 18.2 Å². The Hall–Kier alpha value is -1.51. The number of aldehydes is 1. The van der Waals surface area contributed by atoms with Crippen molar-refractivity contribution in [1.29, 1.82) is 0 Å². The second-order valence-electron chi connectivity index (χ2n) is 1.83. The Balaban J connectivity index is 0.000001000. The molecule has 0 aliphatic carbocycles. The van der Waals surface area contributed by atoms with Crippen LogP contribution in [0.25, 0.3) is 0 Å². The average molecular weight is 150 g/mol. The molecule has 56 valence electrons. The van der Waals surface area contributed by atoms with Crippen LogP contribution < -0.4 is 0 Å². The Morgan fingerprint density at radius 2 is 1.64 bits per heavy atom. The summed E-state index contributed by atoms with van der Waals surface area (Å²) in [6.45, 7) is 0. The van der Waals surface area contributed by atoms with Crippen LogP contribution in [0, 0.1) is 7.43 Å². The van der Waals surface area contributed by atoms with Crippen molar-refractivity contribution in [1.82, 2.24) is 0 Å². The number of aromatic hydroxyl groups is 2. The molecule has 4 radical (unpaired) electrons. The lowest BCUT2D eigenvalue weighted by molar-refractivity contribution is 0.111. The maximum absolute atomic E-state index is 10.1. The van der Waals surface area contributed by atoms with E-state index in [9.17, 15) is 4.79 Å². The summed E-state index contributed by atoms with van der Waals surface area (Å²) < 4.78 is 0. The number of phenols is 2. The summed E-state index contributed by atoms with van der Waals surface area (Å²) in [7, 11) is 0. The van der Waals surface area contributed by atoms with Crippen molar-refractivity contribution < 1.29 is 15.0 Å². The van der Waals surface area contributed by atoms with Gasteiger partial charge in [0.05, 0.1) is 5.56 Å². The lowest BCUT2D eigenvalue weighted by Crippen LogP contribution is -1.80. The summed E-state index contributed by atoms with van der Waals surface area (Å²) in [4.78, 5) is 10.1. The van der Waals surface area contributed by atoms with Crippen molar-refractivity contribution in [2.75, 3.05) is 0 Å². The average Bonchev–Trinajstić information content (AvgIpc) is 1.88. The van der Waals surface area contributed by atoms with Crippen molar-refractivity contribution in [3.63, 3.8) is 0 Å². The first kappa shape index (κ1) is 9.49. The van der Waals surface area contributed by atoms with Crippen LogP contribution in [0.3, 0.4) is 0 Å². The molecular formula is C8H6O3. The molecule has 0 amide bonds. The highest BCUT2D eigenvalue weighted by Crippen LogP contribution is 2.23. The van der Waals surface area contributed by atoms with Crippen LogP contribution in [0.4, 0.5) is 0 Å². The van der Waals surface area contributed by atoms with Gasteiger partial charge in [0.15, 0.2) is 6.29 Å². The molecule has 0 unspecified atom stereocenters. The summed E-state index contributed by atoms with van der Waals surface area (Å²) in [6, 6.07) is 4.13. The topological polar surface area (TPSA) is 57.5 Å². The molecule has 0 saturated heterocycles. The van der Waals surface area contributed by atoms with Crippen LogP contribution in [-0.4, -0.2) is 16.5 Å². The molecule has 1 rings (SSSR count). The Kier molecular flexibility index (Phi) is 3.11. The molecule has 0 atom stereocenters. The lowest BCUT2D eigenvalue weighted by atomic mass is 10.2. The second-order valence-corrected chi connectivity index (χ2v) is 1.83. The van der Waals surface area contributed by atoms with Crippen LogP contribution in [0.5, 0.6) is 11.5 Å². The molecule has 0 saturated carbocycles. The quantitative estimate of drug-likeness (QED) is 0.587. The largest absolute Gasteiger partial charge is 0.507 e. The van der Waals surface area contributed by atoms with Crippen molar-refractivity contribution in [3.8, 4) is 11.5 Å². The van der Waals surface area contributed by atoms with E-state index in [-0.39, 0.29) is 24.5 Å². The highest BCUT2D eigenvalue weighted by molar-refractivity contribution is 5.83. The second kappa shape index (κ2) is 3.61. The van der Waals surface area contributed by atoms with Gasteiger partial charge in [0.25, 0.3) is 0 Å². The molecule has 0 heterocycles. The molecule has 0 fully saturated rings. The smallest absolute Gasteiger partial charge is 0.157 e. The van der Waals surface area contributed by atoms with E-state index in [4.69, 9.17) is 10.2 Å². The molecule has 1 aromatic carbocycles. The van der Waals surface area contributed by atoms with E-state index >= 15 is 0 Å². The predicted octanol–water partition coefficient (Wildman–Crippen LogP) is 0.992. The molecule has 0 aromatic heterocycles. The molecule has 3 nitrogen and oxygen atoms in total. The Labute approximate surface area is 64.9 Å². The van der Waals surface area contributed by atoms with Gasteiger partial charge in [-0.25, -0.2) is 0 Å². The van der Waals surface area contributed by atoms with Gasteiger partial charge in [0.1, 0.15) is 11.5 Å². The predicted molar refractivity (Wildman–Crippen MR) is 38.4 cm³/mol. The van der Waals surface area contributed by atoms with Crippen molar-refractivity contribution in [3.05, 3.63) is 31.2 Å². The van der Waals surface area contributed by atoms with Gasteiger partial charge in [-0.05, 0) is 12.1 Å². The molecular weight excluding hydrogens is 144 g/mol. The lowest BCUT2D eigenvalue weighted by Gasteiger charge is -1.97. The van der Waals surface area contributed by atoms with Crippen molar-refractivity contribution >= 4 is 6.29 Å². The van der Waals surface area contributed by atoms with Crippen LogP contribution in [0.15, 0.2) is 18.2 Å². The number of rotatable bonds is 1. The van der Waals surface area contributed by atoms with E-state index in [1.807, 2.05) is 0 Å². The fourth-order valence-electron chi connectivity index (χ4n) is 0.662. The first-order valence-corrected chi connectivity index (χ1v) is 2.72. The van der Waals surface area contributed by atoms with Gasteiger partial charge in [0.2, 0.25) is 0 Å². The Morgan fingerprint density at radius 3 is 1.91 bits per heavy atom. The zero-order valence-corrected chi connectivity index (χ0v) is 5.61. The third-order valence-corrected chi connectivity index (χ3v) is 1.18. The van der Waals surface area contributed by atoms with Gasteiger partial charge >= 0.3 is 0 Å². The van der Waals surface area contributed by atoms with E-state index in [0.717, 1.165) is 0 Å². The molecule has 2 N–H and O–H groups in total. The molecule has 0 bridgehead atoms. The summed E-state index contributed by atoms with van der Waals surface area (Å²) in [5.41, 5.74) is -0.0671. The molecule has 1 aromatic rings. The number of carbonyl (C=O) groups is 1. The number of hydrogen-bond acceptors (Lipinski definition) is 3. The highest BCUT2D eigenvalue weighted by atomic mass is 16.3. The van der Waals surface area contributed by atoms with Crippen molar-refractivity contribution in [2.24, 2.45) is 0 Å². The number of phenolic OH excluding ortho intramolecular Hbond substituents is 2. The van der Waals surface area contributed by atoms with E-state index in [2.05, 4.69) is 0 Å². The maximum atomic E-state index is 10.1. The zero-order chi connectivity index (χ0) is 7.56. The summed E-state index contributed by atoms with van der Waals surface area (Å²) in [5, 5.41) is 17.8. The van der Waals surface area contributed by atoms with Crippen molar-refractivity contribution in [2.45, 2.75) is 0 Å². The molecule has 0 aliphatic rings. The Bertz CT molecular complexity index is 235. The molecule has 0 spiro atoms. The minimum atomic E-state index is -0.199. The van der Waals surface area contributed by atoms with Crippen LogP contribution >= 0.6 is 0 Å². The Morgan fingerprint density at radius 1 is 1.18 bits per heavy atom. The van der Waals surface area contributed by atoms with Gasteiger partial charge in [-0.1, -0.05) is 6.07 Å². The monoisotopic (exact) mass is 150 g/mol. The minimum Gasteiger partial charge on any atom is -0.507 e. The normalized spacial score (nSPS) is 8.36. The van der Waals surface area contributed by atoms with Crippen LogP contribution in [-0.2, 0) is 0 Å². The van der Waals surface area contributed by atoms with Gasteiger partial charge in [-0.3, -0.25) is 4.79 Å². The summed E-state index contributed by atoms with van der Waals surface area (Å²) in [6.07, 6.45) is 0.407. The molecule has 0 aliphatic heterocycles. The third-order valence-electron chi connectivity index (χ3n) is 1.18. The summed E-state index contributed by atoms with van der Waals surface area (Å²) >= 11 is 0. The number of benzene rings is 1. The highest BCUT2D eigenvalue weighted by Gasteiger charge is 2.02. The number of carbonyl (C=O) groups excluding carboxylic acids is 1. The van der Waals surface area contributed by atoms with Gasteiger partial charge in [-0.15, -0.1) is 0 Å². The fraction of sp³-hybridized carbons (Fsp3) is 0. The number of hydrogen-bond donors (Lipinski definition) is 2. The zero-order valence-electron chi connectivity index (χ0n) is 5.61. The minimum absolute atomic E-state index is 0. The SMILES string of the molecule is O=Cc1c(O)cccc1O.[C]. The first-order valence-electron chi connectivity index (χ1n) is 2.72. The fourth-order valence-corrected chi connectivity index (χ4v) is 0.662.